The van der Waals surface area contributed by atoms with Crippen LogP contribution >= 0.6 is 0 Å². The molecule has 1 saturated heterocycles. The van der Waals surface area contributed by atoms with Gasteiger partial charge < -0.3 is 25.7 Å². The first kappa shape index (κ1) is 24.4. The van der Waals surface area contributed by atoms with Gasteiger partial charge in [-0.3, -0.25) is 4.79 Å². The molecule has 0 radical (unpaired) electrons. The van der Waals surface area contributed by atoms with E-state index in [1.54, 1.807) is 6.33 Å². The van der Waals surface area contributed by atoms with E-state index in [1.165, 1.54) is 0 Å². The Morgan fingerprint density at radius 2 is 1.92 bits per heavy atom. The van der Waals surface area contributed by atoms with Crippen molar-refractivity contribution in [3.05, 3.63) is 72.7 Å². The van der Waals surface area contributed by atoms with Gasteiger partial charge in [0.2, 0.25) is 5.91 Å². The number of benzene rings is 2. The first-order valence-corrected chi connectivity index (χ1v) is 13.4. The van der Waals surface area contributed by atoms with Crippen molar-refractivity contribution in [2.75, 3.05) is 25.4 Å². The Morgan fingerprint density at radius 1 is 1.08 bits per heavy atom. The maximum Gasteiger partial charge on any atom is 0.221 e. The Labute approximate surface area is 222 Å². The maximum absolute atomic E-state index is 11.7. The molecule has 6 rings (SSSR count). The molecular formula is C30H34N6O2. The number of primary amides is 1. The maximum atomic E-state index is 11.7. The minimum atomic E-state index is -0.167. The van der Waals surface area contributed by atoms with E-state index in [1.807, 2.05) is 30.3 Å². The lowest BCUT2D eigenvalue weighted by molar-refractivity contribution is -0.123. The van der Waals surface area contributed by atoms with Crippen molar-refractivity contribution in [3.8, 4) is 16.9 Å². The predicted octanol–water partition coefficient (Wildman–Crippen LogP) is 4.41. The van der Waals surface area contributed by atoms with Gasteiger partial charge >= 0.3 is 0 Å². The van der Waals surface area contributed by atoms with Crippen molar-refractivity contribution < 1.29 is 9.53 Å². The van der Waals surface area contributed by atoms with Crippen LogP contribution in [0.25, 0.3) is 22.2 Å². The largest absolute Gasteiger partial charge is 0.489 e. The molecule has 0 spiro atoms. The fourth-order valence-corrected chi connectivity index (χ4v) is 6.00. The second kappa shape index (κ2) is 10.5. The minimum absolute atomic E-state index is 0.0114. The highest BCUT2D eigenvalue weighted by Gasteiger charge is 2.35. The van der Waals surface area contributed by atoms with E-state index in [9.17, 15) is 4.79 Å². The molecule has 2 aliphatic rings. The van der Waals surface area contributed by atoms with Gasteiger partial charge in [-0.05, 0) is 61.4 Å². The Morgan fingerprint density at radius 3 is 2.74 bits per heavy atom. The average molecular weight is 511 g/mol. The number of ether oxygens (including phenoxy) is 1. The number of piperidine rings is 1. The van der Waals surface area contributed by atoms with Crippen LogP contribution < -0.4 is 16.2 Å². The van der Waals surface area contributed by atoms with E-state index >= 15 is 0 Å². The fourth-order valence-electron chi connectivity index (χ4n) is 6.00. The van der Waals surface area contributed by atoms with Crippen molar-refractivity contribution in [2.45, 2.75) is 38.3 Å². The van der Waals surface area contributed by atoms with Crippen molar-refractivity contribution >= 4 is 22.8 Å². The molecule has 4 N–H and O–H groups in total. The summed E-state index contributed by atoms with van der Waals surface area (Å²) < 4.78 is 8.37. The zero-order valence-electron chi connectivity index (χ0n) is 21.5. The third kappa shape index (κ3) is 4.96. The zero-order valence-corrected chi connectivity index (χ0v) is 21.5. The Balaban J connectivity index is 1.19. The first-order valence-electron chi connectivity index (χ1n) is 13.4. The van der Waals surface area contributed by atoms with Crippen LogP contribution in [0, 0.1) is 11.8 Å². The zero-order chi connectivity index (χ0) is 26.1. The van der Waals surface area contributed by atoms with Crippen LogP contribution in [0.4, 0.5) is 5.82 Å². The number of amides is 1. The Bertz CT molecular complexity index is 1430. The van der Waals surface area contributed by atoms with Crippen molar-refractivity contribution in [1.29, 1.82) is 0 Å². The number of likely N-dealkylation sites (tertiary alicyclic amines) is 1. The van der Waals surface area contributed by atoms with Crippen LogP contribution in [0.1, 0.15) is 37.3 Å². The molecule has 3 heterocycles. The number of hydrogen-bond acceptors (Lipinski definition) is 6. The number of rotatable bonds is 8. The summed E-state index contributed by atoms with van der Waals surface area (Å²) in [6.45, 7) is 3.37. The molecule has 0 bridgehead atoms. The van der Waals surface area contributed by atoms with Crippen molar-refractivity contribution in [1.82, 2.24) is 19.4 Å². The average Bonchev–Trinajstić information content (AvgIpc) is 3.31. The third-order valence-corrected chi connectivity index (χ3v) is 8.06. The van der Waals surface area contributed by atoms with Gasteiger partial charge in [-0.15, -0.1) is 0 Å². The molecule has 1 unspecified atom stereocenters. The van der Waals surface area contributed by atoms with E-state index in [-0.39, 0.29) is 11.8 Å². The Hall–Kier alpha value is -3.91. The van der Waals surface area contributed by atoms with Gasteiger partial charge in [0.1, 0.15) is 30.1 Å². The van der Waals surface area contributed by atoms with Crippen LogP contribution in [-0.2, 0) is 11.4 Å². The topological polar surface area (TPSA) is 112 Å². The van der Waals surface area contributed by atoms with Gasteiger partial charge in [0, 0.05) is 30.9 Å². The first-order chi connectivity index (χ1) is 18.5. The molecule has 2 aromatic heterocycles. The van der Waals surface area contributed by atoms with E-state index in [2.05, 4.69) is 49.9 Å². The molecule has 1 aliphatic heterocycles. The molecule has 1 aliphatic carbocycles. The summed E-state index contributed by atoms with van der Waals surface area (Å²) in [6, 6.07) is 18.6. The van der Waals surface area contributed by atoms with Crippen LogP contribution in [0.15, 0.2) is 67.1 Å². The number of nitrogens with zero attached hydrogens (tertiary/aromatic N) is 4. The van der Waals surface area contributed by atoms with Gasteiger partial charge in [0.25, 0.3) is 0 Å². The monoisotopic (exact) mass is 510 g/mol. The number of nitrogen functional groups attached to an aromatic ring is 1. The smallest absolute Gasteiger partial charge is 0.221 e. The molecule has 196 valence electrons. The number of aromatic nitrogens is 3. The number of carbonyl (C=O) groups excluding carboxylic acids is 1. The lowest BCUT2D eigenvalue weighted by atomic mass is 9.79. The number of nitrogens with two attached hydrogens (primary N) is 2. The summed E-state index contributed by atoms with van der Waals surface area (Å²) in [5, 5.41) is 0.886. The van der Waals surface area contributed by atoms with E-state index in [4.69, 9.17) is 16.2 Å². The summed E-state index contributed by atoms with van der Waals surface area (Å²) in [5.74, 6) is 1.71. The van der Waals surface area contributed by atoms with Crippen molar-refractivity contribution in [3.63, 3.8) is 0 Å². The number of anilines is 1. The molecule has 1 amide bonds. The molecule has 1 atom stereocenters. The van der Waals surface area contributed by atoms with E-state index in [0.29, 0.717) is 24.4 Å². The van der Waals surface area contributed by atoms with Crippen molar-refractivity contribution in [2.24, 2.45) is 17.6 Å². The lowest BCUT2D eigenvalue weighted by Crippen LogP contribution is -2.45. The molecule has 2 fully saturated rings. The highest BCUT2D eigenvalue weighted by atomic mass is 16.5. The van der Waals surface area contributed by atoms with Gasteiger partial charge in [-0.2, -0.15) is 0 Å². The van der Waals surface area contributed by atoms with Crippen LogP contribution in [-0.4, -0.2) is 45.0 Å². The number of hydrogen-bond donors (Lipinski definition) is 2. The lowest BCUT2D eigenvalue weighted by Gasteiger charge is -2.41. The van der Waals surface area contributed by atoms with Gasteiger partial charge in [0.05, 0.1) is 11.3 Å². The van der Waals surface area contributed by atoms with Gasteiger partial charge in [-0.25, -0.2) is 9.97 Å². The predicted molar refractivity (Wildman–Crippen MR) is 148 cm³/mol. The molecule has 2 aromatic carbocycles. The van der Waals surface area contributed by atoms with E-state index in [0.717, 1.165) is 78.8 Å². The highest BCUT2D eigenvalue weighted by molar-refractivity contribution is 6.00. The third-order valence-electron chi connectivity index (χ3n) is 8.06. The summed E-state index contributed by atoms with van der Waals surface area (Å²) in [5.41, 5.74) is 16.0. The molecule has 8 heteroatoms. The fraction of sp³-hybridized carbons (Fsp3) is 0.367. The molecule has 1 saturated carbocycles. The molecular weight excluding hydrogens is 476 g/mol. The standard InChI is InChI=1S/C30H34N6O2/c31-28-27-26(22-8-4-10-25(14-22)38-18-20-6-2-1-3-7-20)17-36(30(27)34-19-33-28)24-12-21(13-24)15-35-11-5-9-23(16-35)29(32)37/h1-4,6-8,10,14,17,19,21,23-24H,5,9,11-13,15-16,18H2,(H2,32,37)(H2,31,33,34)/t21-,23?,24-. The normalized spacial score (nSPS) is 21.7. The highest BCUT2D eigenvalue weighted by Crippen LogP contribution is 2.43. The molecule has 8 nitrogen and oxygen atoms in total. The summed E-state index contributed by atoms with van der Waals surface area (Å²) >= 11 is 0. The second-order valence-electron chi connectivity index (χ2n) is 10.7. The SMILES string of the molecule is NC(=O)C1CCCN(C[C@H]2C[C@H](n3cc(-c4cccc(OCc5ccccc5)c4)c4c(N)ncnc43)C2)C1. The number of fused-ring (bicyclic) bond motifs is 1. The quantitative estimate of drug-likeness (QED) is 0.363. The van der Waals surface area contributed by atoms with Crippen LogP contribution in [0.3, 0.4) is 0 Å². The van der Waals surface area contributed by atoms with Crippen LogP contribution in [0.2, 0.25) is 0 Å². The number of carbonyl (C=O) groups is 1. The van der Waals surface area contributed by atoms with Gasteiger partial charge in [0.15, 0.2) is 0 Å². The minimum Gasteiger partial charge on any atom is -0.489 e. The summed E-state index contributed by atoms with van der Waals surface area (Å²) in [6.07, 6.45) is 7.83. The van der Waals surface area contributed by atoms with Gasteiger partial charge in [-0.1, -0.05) is 42.5 Å². The molecule has 38 heavy (non-hydrogen) atoms. The van der Waals surface area contributed by atoms with Crippen LogP contribution in [0.5, 0.6) is 5.75 Å². The van der Waals surface area contributed by atoms with E-state index < -0.39 is 0 Å². The Kier molecular flexibility index (Phi) is 6.72. The second-order valence-corrected chi connectivity index (χ2v) is 10.7. The summed E-state index contributed by atoms with van der Waals surface area (Å²) in [4.78, 5) is 23.0. The molecule has 4 aromatic rings. The summed E-state index contributed by atoms with van der Waals surface area (Å²) in [7, 11) is 0.